The Kier molecular flexibility index (Phi) is 6.91. The van der Waals surface area contributed by atoms with E-state index in [1.807, 2.05) is 0 Å². The van der Waals surface area contributed by atoms with Crippen molar-refractivity contribution < 1.29 is 19.1 Å². The van der Waals surface area contributed by atoms with Crippen LogP contribution in [0.2, 0.25) is 5.02 Å². The maximum absolute atomic E-state index is 12.3. The Labute approximate surface area is 147 Å². The Hall–Kier alpha value is -1.75. The smallest absolute Gasteiger partial charge is 0.342 e. The Bertz CT molecular complexity index is 582. The normalized spacial score (nSPS) is 16.8. The lowest BCUT2D eigenvalue weighted by Gasteiger charge is -2.20. The first-order valence-corrected chi connectivity index (χ1v) is 8.74. The van der Waals surface area contributed by atoms with Crippen molar-refractivity contribution in [3.05, 3.63) is 28.8 Å². The average Bonchev–Trinajstić information content (AvgIpc) is 2.83. The molecule has 0 saturated heterocycles. The summed E-state index contributed by atoms with van der Waals surface area (Å²) in [6, 6.07) is 4.86. The van der Waals surface area contributed by atoms with Crippen LogP contribution in [0.15, 0.2) is 18.2 Å². The van der Waals surface area contributed by atoms with E-state index in [0.717, 1.165) is 25.7 Å². The van der Waals surface area contributed by atoms with Gasteiger partial charge in [0.2, 0.25) is 0 Å². The first kappa shape index (κ1) is 18.6. The molecule has 1 atom stereocenters. The molecule has 1 amide bonds. The summed E-state index contributed by atoms with van der Waals surface area (Å²) in [5.74, 6) is -0.533. The van der Waals surface area contributed by atoms with Crippen molar-refractivity contribution in [3.8, 4) is 5.75 Å². The van der Waals surface area contributed by atoms with E-state index in [9.17, 15) is 9.59 Å². The minimum atomic E-state index is -0.871. The van der Waals surface area contributed by atoms with Gasteiger partial charge >= 0.3 is 5.97 Å². The van der Waals surface area contributed by atoms with Gasteiger partial charge in [-0.3, -0.25) is 4.79 Å². The summed E-state index contributed by atoms with van der Waals surface area (Å²) >= 11 is 5.92. The Morgan fingerprint density at radius 1 is 1.21 bits per heavy atom. The van der Waals surface area contributed by atoms with Crippen LogP contribution in [-0.4, -0.2) is 31.1 Å². The van der Waals surface area contributed by atoms with Crippen molar-refractivity contribution in [2.75, 3.05) is 7.11 Å². The minimum Gasteiger partial charge on any atom is -0.496 e. The van der Waals surface area contributed by atoms with Crippen LogP contribution in [0.1, 0.15) is 55.8 Å². The van der Waals surface area contributed by atoms with Gasteiger partial charge in [0.1, 0.15) is 11.3 Å². The molecule has 0 spiro atoms. The highest BCUT2D eigenvalue weighted by molar-refractivity contribution is 6.31. The Morgan fingerprint density at radius 3 is 2.50 bits per heavy atom. The maximum atomic E-state index is 12.3. The number of hydrogen-bond donors (Lipinski definition) is 1. The molecular weight excluding hydrogens is 330 g/mol. The zero-order chi connectivity index (χ0) is 17.5. The standard InChI is InChI=1S/C18H24ClNO4/c1-12(17(21)20-14-7-5-3-4-6-8-14)24-18(22)15-11-13(19)9-10-16(15)23-2/h9-12,14H,3-8H2,1-2H3,(H,20,21)/t12-/m0/s1. The second kappa shape index (κ2) is 8.92. The molecule has 1 aliphatic carbocycles. The lowest BCUT2D eigenvalue weighted by Crippen LogP contribution is -2.41. The quantitative estimate of drug-likeness (QED) is 0.647. The number of methoxy groups -OCH3 is 1. The van der Waals surface area contributed by atoms with Gasteiger partial charge in [-0.1, -0.05) is 37.3 Å². The number of carbonyl (C=O) groups excluding carboxylic acids is 2. The van der Waals surface area contributed by atoms with Crippen molar-refractivity contribution in [1.82, 2.24) is 5.32 Å². The highest BCUT2D eigenvalue weighted by Crippen LogP contribution is 2.24. The van der Waals surface area contributed by atoms with E-state index in [4.69, 9.17) is 21.1 Å². The van der Waals surface area contributed by atoms with Gasteiger partial charge < -0.3 is 14.8 Å². The molecule has 6 heteroatoms. The number of hydrogen-bond acceptors (Lipinski definition) is 4. The fourth-order valence-corrected chi connectivity index (χ4v) is 3.03. The van der Waals surface area contributed by atoms with Crippen molar-refractivity contribution in [2.45, 2.75) is 57.6 Å². The topological polar surface area (TPSA) is 64.6 Å². The molecule has 0 aromatic heterocycles. The van der Waals surface area contributed by atoms with E-state index < -0.39 is 12.1 Å². The summed E-state index contributed by atoms with van der Waals surface area (Å²) in [7, 11) is 1.46. The van der Waals surface area contributed by atoms with E-state index in [0.29, 0.717) is 10.8 Å². The average molecular weight is 354 g/mol. The predicted molar refractivity (Wildman–Crippen MR) is 92.5 cm³/mol. The van der Waals surface area contributed by atoms with Gasteiger partial charge in [0, 0.05) is 11.1 Å². The zero-order valence-electron chi connectivity index (χ0n) is 14.1. The molecule has 1 aromatic carbocycles. The van der Waals surface area contributed by atoms with Crippen LogP contribution in [0.5, 0.6) is 5.75 Å². The second-order valence-corrected chi connectivity index (χ2v) is 6.53. The lowest BCUT2D eigenvalue weighted by atomic mass is 10.1. The van der Waals surface area contributed by atoms with Crippen LogP contribution >= 0.6 is 11.6 Å². The van der Waals surface area contributed by atoms with Crippen LogP contribution in [0, 0.1) is 0 Å². The molecule has 1 fully saturated rings. The first-order valence-electron chi connectivity index (χ1n) is 8.36. The van der Waals surface area contributed by atoms with Crippen molar-refractivity contribution >= 4 is 23.5 Å². The minimum absolute atomic E-state index is 0.168. The van der Waals surface area contributed by atoms with Crippen LogP contribution in [-0.2, 0) is 9.53 Å². The third kappa shape index (κ3) is 5.13. The number of nitrogens with one attached hydrogen (secondary N) is 1. The number of benzene rings is 1. The van der Waals surface area contributed by atoms with Crippen molar-refractivity contribution in [3.63, 3.8) is 0 Å². The Balaban J connectivity index is 1.95. The summed E-state index contributed by atoms with van der Waals surface area (Å²) in [6.45, 7) is 1.57. The van der Waals surface area contributed by atoms with E-state index in [1.54, 1.807) is 19.1 Å². The molecule has 1 aliphatic rings. The second-order valence-electron chi connectivity index (χ2n) is 6.09. The van der Waals surface area contributed by atoms with Crippen LogP contribution in [0.3, 0.4) is 0 Å². The van der Waals surface area contributed by atoms with Crippen molar-refractivity contribution in [2.24, 2.45) is 0 Å². The van der Waals surface area contributed by atoms with Crippen LogP contribution < -0.4 is 10.1 Å². The summed E-state index contributed by atoms with van der Waals surface area (Å²) in [6.07, 6.45) is 5.77. The van der Waals surface area contributed by atoms with Gasteiger partial charge in [-0.15, -0.1) is 0 Å². The largest absolute Gasteiger partial charge is 0.496 e. The van der Waals surface area contributed by atoms with E-state index in [-0.39, 0.29) is 17.5 Å². The first-order chi connectivity index (χ1) is 11.5. The molecule has 2 rings (SSSR count). The summed E-state index contributed by atoms with van der Waals surface area (Å²) in [4.78, 5) is 24.6. The van der Waals surface area contributed by atoms with E-state index in [2.05, 4.69) is 5.32 Å². The van der Waals surface area contributed by atoms with E-state index in [1.165, 1.54) is 26.0 Å². The molecule has 0 aliphatic heterocycles. The predicted octanol–water partition coefficient (Wildman–Crippen LogP) is 3.73. The molecule has 0 unspecified atom stereocenters. The summed E-state index contributed by atoms with van der Waals surface area (Å²) in [5, 5.41) is 3.38. The van der Waals surface area contributed by atoms with Crippen molar-refractivity contribution in [1.29, 1.82) is 0 Å². The monoisotopic (exact) mass is 353 g/mol. The van der Waals surface area contributed by atoms with Gasteiger partial charge in [0.25, 0.3) is 5.91 Å². The van der Waals surface area contributed by atoms with Gasteiger partial charge in [-0.2, -0.15) is 0 Å². The number of rotatable bonds is 5. The third-order valence-electron chi connectivity index (χ3n) is 4.24. The molecule has 0 bridgehead atoms. The summed E-state index contributed by atoms with van der Waals surface area (Å²) < 4.78 is 10.4. The van der Waals surface area contributed by atoms with Gasteiger partial charge in [0.05, 0.1) is 7.11 Å². The fourth-order valence-electron chi connectivity index (χ4n) is 2.86. The number of esters is 1. The number of ether oxygens (including phenoxy) is 2. The Morgan fingerprint density at radius 2 is 1.88 bits per heavy atom. The molecule has 5 nitrogen and oxygen atoms in total. The fraction of sp³-hybridized carbons (Fsp3) is 0.556. The lowest BCUT2D eigenvalue weighted by molar-refractivity contribution is -0.129. The van der Waals surface area contributed by atoms with Gasteiger partial charge in [-0.05, 0) is 38.0 Å². The molecule has 1 aromatic rings. The molecular formula is C18H24ClNO4. The number of carbonyl (C=O) groups is 2. The SMILES string of the molecule is COc1ccc(Cl)cc1C(=O)O[C@@H](C)C(=O)NC1CCCCCC1. The maximum Gasteiger partial charge on any atom is 0.342 e. The van der Waals surface area contributed by atoms with Gasteiger partial charge in [-0.25, -0.2) is 4.79 Å². The molecule has 1 N–H and O–H groups in total. The number of halogens is 1. The zero-order valence-corrected chi connectivity index (χ0v) is 14.9. The molecule has 0 radical (unpaired) electrons. The van der Waals surface area contributed by atoms with E-state index >= 15 is 0 Å². The van der Waals surface area contributed by atoms with Gasteiger partial charge in [0.15, 0.2) is 6.10 Å². The molecule has 0 heterocycles. The molecule has 24 heavy (non-hydrogen) atoms. The highest BCUT2D eigenvalue weighted by atomic mass is 35.5. The number of amides is 1. The molecule has 1 saturated carbocycles. The summed E-state index contributed by atoms with van der Waals surface area (Å²) in [5.41, 5.74) is 0.208. The molecule has 132 valence electrons. The third-order valence-corrected chi connectivity index (χ3v) is 4.47. The van der Waals surface area contributed by atoms with Crippen LogP contribution in [0.4, 0.5) is 0 Å². The van der Waals surface area contributed by atoms with Crippen LogP contribution in [0.25, 0.3) is 0 Å². The highest BCUT2D eigenvalue weighted by Gasteiger charge is 2.24.